The minimum absolute atomic E-state index is 0.115. The number of hydrogen-bond acceptors (Lipinski definition) is 5. The molecule has 1 heterocycles. The van der Waals surface area contributed by atoms with Crippen molar-refractivity contribution in [3.05, 3.63) is 54.1 Å². The molecule has 3 rings (SSSR count). The molecule has 1 saturated heterocycles. The summed E-state index contributed by atoms with van der Waals surface area (Å²) in [4.78, 5) is 23.8. The number of methoxy groups -OCH3 is 1. The van der Waals surface area contributed by atoms with Crippen LogP contribution in [0.15, 0.2) is 53.4 Å². The molecule has 2 aromatic carbocycles. The van der Waals surface area contributed by atoms with Gasteiger partial charge >= 0.3 is 0 Å². The summed E-state index contributed by atoms with van der Waals surface area (Å²) in [6.45, 7) is 2.01. The lowest BCUT2D eigenvalue weighted by atomic mass is 10.1. The van der Waals surface area contributed by atoms with E-state index in [0.29, 0.717) is 42.9 Å². The Labute approximate surface area is 176 Å². The summed E-state index contributed by atoms with van der Waals surface area (Å²) < 4.78 is 32.4. The lowest BCUT2D eigenvalue weighted by Crippen LogP contribution is -2.46. The van der Waals surface area contributed by atoms with Gasteiger partial charge < -0.3 is 15.4 Å². The van der Waals surface area contributed by atoms with Crippen LogP contribution in [0.4, 0.5) is 5.69 Å². The number of amides is 2. The molecule has 1 aliphatic heterocycles. The Morgan fingerprint density at radius 1 is 1.03 bits per heavy atom. The number of nitrogens with one attached hydrogen (secondary N) is 2. The van der Waals surface area contributed by atoms with Gasteiger partial charge in [0.05, 0.1) is 17.6 Å². The zero-order chi connectivity index (χ0) is 21.7. The maximum Gasteiger partial charge on any atom is 0.255 e. The summed E-state index contributed by atoms with van der Waals surface area (Å²) in [5, 5.41) is 5.58. The number of anilines is 1. The van der Waals surface area contributed by atoms with Crippen molar-refractivity contribution < 1.29 is 22.7 Å². The fourth-order valence-electron chi connectivity index (χ4n) is 3.40. The fraction of sp³-hybridized carbons (Fsp3) is 0.333. The number of ether oxygens (including phenoxy) is 1. The molecule has 1 aliphatic rings. The number of rotatable bonds is 6. The molecule has 0 unspecified atom stereocenters. The Balaban J connectivity index is 1.60. The highest BCUT2D eigenvalue weighted by atomic mass is 32.2. The maximum atomic E-state index is 12.9. The SMILES string of the molecule is COc1ccccc1C(=O)NC1CCN(S(=O)(=O)c2ccc(NC(C)=O)cc2)CC1. The van der Waals surface area contributed by atoms with Crippen LogP contribution in [0.2, 0.25) is 0 Å². The molecule has 30 heavy (non-hydrogen) atoms. The zero-order valence-corrected chi connectivity index (χ0v) is 17.7. The molecule has 0 aliphatic carbocycles. The number of carbonyl (C=O) groups excluding carboxylic acids is 2. The van der Waals surface area contributed by atoms with E-state index in [0.717, 1.165) is 0 Å². The van der Waals surface area contributed by atoms with Gasteiger partial charge in [0.15, 0.2) is 0 Å². The number of benzene rings is 2. The van der Waals surface area contributed by atoms with Gasteiger partial charge in [0, 0.05) is 31.7 Å². The summed E-state index contributed by atoms with van der Waals surface area (Å²) in [5.74, 6) is 0.0443. The molecule has 0 bridgehead atoms. The molecular formula is C21H25N3O5S. The van der Waals surface area contributed by atoms with Crippen LogP contribution in [0.25, 0.3) is 0 Å². The summed E-state index contributed by atoms with van der Waals surface area (Å²) in [7, 11) is -2.12. The zero-order valence-electron chi connectivity index (χ0n) is 16.9. The molecule has 1 fully saturated rings. The average Bonchev–Trinajstić information content (AvgIpc) is 2.74. The van der Waals surface area contributed by atoms with E-state index in [-0.39, 0.29) is 22.8 Å². The second-order valence-electron chi connectivity index (χ2n) is 7.06. The van der Waals surface area contributed by atoms with Gasteiger partial charge in [0.2, 0.25) is 15.9 Å². The van der Waals surface area contributed by atoms with E-state index in [2.05, 4.69) is 10.6 Å². The van der Waals surface area contributed by atoms with Crippen LogP contribution in [-0.4, -0.2) is 50.8 Å². The quantitative estimate of drug-likeness (QED) is 0.730. The lowest BCUT2D eigenvalue weighted by molar-refractivity contribution is -0.114. The monoisotopic (exact) mass is 431 g/mol. The van der Waals surface area contributed by atoms with E-state index in [1.807, 2.05) is 0 Å². The normalized spacial score (nSPS) is 15.4. The molecule has 0 aromatic heterocycles. The molecule has 0 radical (unpaired) electrons. The van der Waals surface area contributed by atoms with Crippen molar-refractivity contribution in [2.75, 3.05) is 25.5 Å². The number of nitrogens with zero attached hydrogens (tertiary/aromatic N) is 1. The standard InChI is InChI=1S/C21H25N3O5S/c1-15(25)22-16-7-9-18(10-8-16)30(27,28)24-13-11-17(12-14-24)23-21(26)19-5-3-4-6-20(19)29-2/h3-10,17H,11-14H2,1-2H3,(H,22,25)(H,23,26). The van der Waals surface area contributed by atoms with Crippen LogP contribution in [0.3, 0.4) is 0 Å². The first-order valence-corrected chi connectivity index (χ1v) is 11.1. The third kappa shape index (κ3) is 4.98. The van der Waals surface area contributed by atoms with Gasteiger partial charge in [0.25, 0.3) is 5.91 Å². The van der Waals surface area contributed by atoms with E-state index < -0.39 is 10.0 Å². The molecular weight excluding hydrogens is 406 g/mol. The molecule has 0 atom stereocenters. The highest BCUT2D eigenvalue weighted by Crippen LogP contribution is 2.23. The predicted octanol–water partition coefficient (Wildman–Crippen LogP) is 2.24. The number of piperidine rings is 1. The van der Waals surface area contributed by atoms with Crippen molar-refractivity contribution in [3.63, 3.8) is 0 Å². The lowest BCUT2D eigenvalue weighted by Gasteiger charge is -2.31. The largest absolute Gasteiger partial charge is 0.496 e. The fourth-order valence-corrected chi connectivity index (χ4v) is 4.87. The minimum Gasteiger partial charge on any atom is -0.496 e. The van der Waals surface area contributed by atoms with Gasteiger partial charge in [-0.1, -0.05) is 12.1 Å². The van der Waals surface area contributed by atoms with Crippen molar-refractivity contribution in [1.29, 1.82) is 0 Å². The average molecular weight is 432 g/mol. The summed E-state index contributed by atoms with van der Waals surface area (Å²) in [5.41, 5.74) is 0.994. The van der Waals surface area contributed by atoms with Gasteiger partial charge in [-0.15, -0.1) is 0 Å². The Hall–Kier alpha value is -2.91. The van der Waals surface area contributed by atoms with Crippen LogP contribution in [0.5, 0.6) is 5.75 Å². The van der Waals surface area contributed by atoms with E-state index in [1.165, 1.54) is 30.5 Å². The van der Waals surface area contributed by atoms with Gasteiger partial charge in [0.1, 0.15) is 5.75 Å². The van der Waals surface area contributed by atoms with Crippen molar-refractivity contribution in [2.24, 2.45) is 0 Å². The van der Waals surface area contributed by atoms with Crippen LogP contribution in [0, 0.1) is 0 Å². The summed E-state index contributed by atoms with van der Waals surface area (Å²) in [6.07, 6.45) is 1.04. The number of hydrogen-bond donors (Lipinski definition) is 2. The maximum absolute atomic E-state index is 12.9. The van der Waals surface area contributed by atoms with Crippen molar-refractivity contribution in [1.82, 2.24) is 9.62 Å². The molecule has 2 N–H and O–H groups in total. The van der Waals surface area contributed by atoms with Crippen LogP contribution >= 0.6 is 0 Å². The summed E-state index contributed by atoms with van der Waals surface area (Å²) in [6, 6.07) is 13.0. The molecule has 160 valence electrons. The topological polar surface area (TPSA) is 105 Å². The first-order valence-electron chi connectivity index (χ1n) is 9.63. The van der Waals surface area contributed by atoms with Crippen LogP contribution in [0.1, 0.15) is 30.1 Å². The van der Waals surface area contributed by atoms with Gasteiger partial charge in [-0.25, -0.2) is 8.42 Å². The third-order valence-electron chi connectivity index (χ3n) is 4.95. The molecule has 0 spiro atoms. The third-order valence-corrected chi connectivity index (χ3v) is 6.87. The van der Waals surface area contributed by atoms with E-state index in [9.17, 15) is 18.0 Å². The highest BCUT2D eigenvalue weighted by Gasteiger charge is 2.30. The van der Waals surface area contributed by atoms with E-state index in [4.69, 9.17) is 4.74 Å². The number of sulfonamides is 1. The van der Waals surface area contributed by atoms with Gasteiger partial charge in [-0.3, -0.25) is 9.59 Å². The number of para-hydroxylation sites is 1. The van der Waals surface area contributed by atoms with Crippen LogP contribution < -0.4 is 15.4 Å². The van der Waals surface area contributed by atoms with E-state index in [1.54, 1.807) is 36.4 Å². The van der Waals surface area contributed by atoms with Crippen LogP contribution in [-0.2, 0) is 14.8 Å². The first-order chi connectivity index (χ1) is 14.3. The van der Waals surface area contributed by atoms with Gasteiger partial charge in [-0.2, -0.15) is 4.31 Å². The Morgan fingerprint density at radius 2 is 1.67 bits per heavy atom. The predicted molar refractivity (Wildman–Crippen MR) is 113 cm³/mol. The molecule has 2 aromatic rings. The Kier molecular flexibility index (Phi) is 6.73. The summed E-state index contributed by atoms with van der Waals surface area (Å²) >= 11 is 0. The minimum atomic E-state index is -3.63. The Bertz CT molecular complexity index is 1010. The Morgan fingerprint density at radius 3 is 2.27 bits per heavy atom. The van der Waals surface area contributed by atoms with Gasteiger partial charge in [-0.05, 0) is 49.2 Å². The highest BCUT2D eigenvalue weighted by molar-refractivity contribution is 7.89. The molecule has 0 saturated carbocycles. The van der Waals surface area contributed by atoms with Crippen molar-refractivity contribution in [2.45, 2.75) is 30.7 Å². The smallest absolute Gasteiger partial charge is 0.255 e. The van der Waals surface area contributed by atoms with Crippen molar-refractivity contribution >= 4 is 27.5 Å². The van der Waals surface area contributed by atoms with Crippen molar-refractivity contribution in [3.8, 4) is 5.75 Å². The first kappa shape index (κ1) is 21.8. The molecule has 2 amide bonds. The number of carbonyl (C=O) groups is 2. The molecule has 8 nitrogen and oxygen atoms in total. The molecule has 9 heteroatoms. The van der Waals surface area contributed by atoms with E-state index >= 15 is 0 Å². The second kappa shape index (κ2) is 9.27. The second-order valence-corrected chi connectivity index (χ2v) is 9.00.